The average Bonchev–Trinajstić information content (AvgIpc) is 2.12. The normalized spacial score (nSPS) is 10.1. The summed E-state index contributed by atoms with van der Waals surface area (Å²) >= 11 is 0. The molecule has 0 spiro atoms. The van der Waals surface area contributed by atoms with Gasteiger partial charge in [-0.2, -0.15) is 5.10 Å². The first kappa shape index (κ1) is 6.29. The van der Waals surface area contributed by atoms with Crippen LogP contribution in [0, 0.1) is 13.8 Å². The Labute approximate surface area is 54.3 Å². The Morgan fingerprint density at radius 1 is 1.56 bits per heavy atom. The van der Waals surface area contributed by atoms with Gasteiger partial charge in [0.15, 0.2) is 0 Å². The molecule has 9 heavy (non-hydrogen) atoms. The van der Waals surface area contributed by atoms with Gasteiger partial charge in [-0.05, 0) is 13.8 Å². The molecule has 0 radical (unpaired) electrons. The summed E-state index contributed by atoms with van der Waals surface area (Å²) in [5, 5.41) is 6.84. The molecule has 0 saturated carbocycles. The van der Waals surface area contributed by atoms with Gasteiger partial charge in [0.05, 0.1) is 5.69 Å². The quantitative estimate of drug-likeness (QED) is 0.573. The van der Waals surface area contributed by atoms with Crippen molar-refractivity contribution in [3.8, 4) is 0 Å². The lowest BCUT2D eigenvalue weighted by atomic mass is 10.2. The van der Waals surface area contributed by atoms with Crippen LogP contribution < -0.4 is 5.73 Å². The third-order valence-electron chi connectivity index (χ3n) is 1.48. The monoisotopic (exact) mass is 125 g/mol. The molecule has 3 nitrogen and oxygen atoms in total. The zero-order valence-corrected chi connectivity index (χ0v) is 5.73. The topological polar surface area (TPSA) is 54.7 Å². The molecule has 1 aromatic rings. The lowest BCUT2D eigenvalue weighted by Crippen LogP contribution is -1.98. The fraction of sp³-hybridized carbons (Fsp3) is 0.500. The van der Waals surface area contributed by atoms with Gasteiger partial charge in [-0.1, -0.05) is 0 Å². The van der Waals surface area contributed by atoms with Crippen molar-refractivity contribution < 1.29 is 0 Å². The van der Waals surface area contributed by atoms with E-state index in [-0.39, 0.29) is 0 Å². The maximum atomic E-state index is 5.44. The highest BCUT2D eigenvalue weighted by molar-refractivity contribution is 5.22. The fourth-order valence-electron chi connectivity index (χ4n) is 0.875. The fourth-order valence-corrected chi connectivity index (χ4v) is 0.875. The van der Waals surface area contributed by atoms with Crippen LogP contribution in [0.1, 0.15) is 17.0 Å². The van der Waals surface area contributed by atoms with Gasteiger partial charge in [-0.25, -0.2) is 0 Å². The number of H-pyrrole nitrogens is 1. The minimum absolute atomic E-state index is 0.578. The Kier molecular flexibility index (Phi) is 1.53. The molecule has 1 aromatic heterocycles. The molecule has 0 unspecified atom stereocenters. The van der Waals surface area contributed by atoms with Crippen molar-refractivity contribution in [1.82, 2.24) is 10.2 Å². The molecule has 0 bridgehead atoms. The SMILES string of the molecule is Cc1n[nH]c(C)c1CN. The van der Waals surface area contributed by atoms with Crippen molar-refractivity contribution in [1.29, 1.82) is 0 Å². The van der Waals surface area contributed by atoms with Gasteiger partial charge < -0.3 is 5.73 Å². The highest BCUT2D eigenvalue weighted by Crippen LogP contribution is 2.06. The standard InChI is InChI=1S/C6H11N3/c1-4-6(3-7)5(2)9-8-4/h3,7H2,1-2H3,(H,8,9). The Morgan fingerprint density at radius 2 is 2.22 bits per heavy atom. The van der Waals surface area contributed by atoms with E-state index in [4.69, 9.17) is 5.73 Å². The number of aromatic amines is 1. The van der Waals surface area contributed by atoms with Crippen molar-refractivity contribution in [3.05, 3.63) is 17.0 Å². The van der Waals surface area contributed by atoms with Crippen molar-refractivity contribution in [2.75, 3.05) is 0 Å². The first-order valence-electron chi connectivity index (χ1n) is 2.96. The minimum atomic E-state index is 0.578. The summed E-state index contributed by atoms with van der Waals surface area (Å²) in [4.78, 5) is 0. The Morgan fingerprint density at radius 3 is 2.44 bits per heavy atom. The Hall–Kier alpha value is -0.830. The molecule has 0 aliphatic heterocycles. The molecular weight excluding hydrogens is 114 g/mol. The van der Waals surface area contributed by atoms with E-state index >= 15 is 0 Å². The number of nitrogens with two attached hydrogens (primary N) is 1. The first-order valence-corrected chi connectivity index (χ1v) is 2.96. The molecule has 3 N–H and O–H groups in total. The van der Waals surface area contributed by atoms with Gasteiger partial charge in [-0.3, -0.25) is 5.10 Å². The van der Waals surface area contributed by atoms with Gasteiger partial charge in [0.1, 0.15) is 0 Å². The van der Waals surface area contributed by atoms with E-state index in [2.05, 4.69) is 10.2 Å². The predicted molar refractivity (Wildman–Crippen MR) is 36.0 cm³/mol. The molecule has 0 aliphatic rings. The van der Waals surface area contributed by atoms with Crippen LogP contribution in [-0.2, 0) is 6.54 Å². The Bertz CT molecular complexity index is 183. The van der Waals surface area contributed by atoms with Crippen LogP contribution in [0.4, 0.5) is 0 Å². The molecule has 0 aromatic carbocycles. The van der Waals surface area contributed by atoms with E-state index in [0.29, 0.717) is 6.54 Å². The largest absolute Gasteiger partial charge is 0.326 e. The first-order chi connectivity index (χ1) is 4.25. The summed E-state index contributed by atoms with van der Waals surface area (Å²) < 4.78 is 0. The second-order valence-corrected chi connectivity index (χ2v) is 2.12. The zero-order valence-electron chi connectivity index (χ0n) is 5.73. The molecule has 0 aliphatic carbocycles. The van der Waals surface area contributed by atoms with Crippen molar-refractivity contribution in [2.24, 2.45) is 5.73 Å². The van der Waals surface area contributed by atoms with Gasteiger partial charge in [0.2, 0.25) is 0 Å². The summed E-state index contributed by atoms with van der Waals surface area (Å²) in [6.07, 6.45) is 0. The van der Waals surface area contributed by atoms with Gasteiger partial charge in [-0.15, -0.1) is 0 Å². The van der Waals surface area contributed by atoms with Crippen molar-refractivity contribution in [3.63, 3.8) is 0 Å². The lowest BCUT2D eigenvalue weighted by Gasteiger charge is -1.91. The van der Waals surface area contributed by atoms with E-state index in [1.807, 2.05) is 13.8 Å². The molecule has 0 amide bonds. The van der Waals surface area contributed by atoms with Crippen LogP contribution in [-0.4, -0.2) is 10.2 Å². The molecular formula is C6H11N3. The van der Waals surface area contributed by atoms with E-state index in [0.717, 1.165) is 17.0 Å². The van der Waals surface area contributed by atoms with E-state index < -0.39 is 0 Å². The van der Waals surface area contributed by atoms with E-state index in [1.54, 1.807) is 0 Å². The molecule has 0 saturated heterocycles. The predicted octanol–water partition coefficient (Wildman–Crippen LogP) is 0.485. The van der Waals surface area contributed by atoms with Gasteiger partial charge in [0, 0.05) is 17.8 Å². The number of hydrogen-bond acceptors (Lipinski definition) is 2. The third kappa shape index (κ3) is 0.954. The second-order valence-electron chi connectivity index (χ2n) is 2.12. The second kappa shape index (κ2) is 2.19. The smallest absolute Gasteiger partial charge is 0.0638 e. The molecule has 0 fully saturated rings. The minimum Gasteiger partial charge on any atom is -0.326 e. The molecule has 1 rings (SSSR count). The Balaban J connectivity index is 3.07. The molecule has 1 heterocycles. The lowest BCUT2D eigenvalue weighted by molar-refractivity contribution is 1.02. The van der Waals surface area contributed by atoms with Crippen LogP contribution in [0.25, 0.3) is 0 Å². The van der Waals surface area contributed by atoms with Gasteiger partial charge in [0.25, 0.3) is 0 Å². The van der Waals surface area contributed by atoms with Crippen LogP contribution in [0.5, 0.6) is 0 Å². The highest BCUT2D eigenvalue weighted by atomic mass is 15.1. The van der Waals surface area contributed by atoms with Crippen LogP contribution in [0.3, 0.4) is 0 Å². The molecule has 50 valence electrons. The summed E-state index contributed by atoms with van der Waals surface area (Å²) in [5.74, 6) is 0. The summed E-state index contributed by atoms with van der Waals surface area (Å²) in [7, 11) is 0. The number of hydrogen-bond donors (Lipinski definition) is 2. The number of aryl methyl sites for hydroxylation is 2. The summed E-state index contributed by atoms with van der Waals surface area (Å²) in [5.41, 5.74) is 8.66. The van der Waals surface area contributed by atoms with Crippen molar-refractivity contribution >= 4 is 0 Å². The van der Waals surface area contributed by atoms with Crippen LogP contribution in [0.2, 0.25) is 0 Å². The number of aromatic nitrogens is 2. The summed E-state index contributed by atoms with van der Waals surface area (Å²) in [6.45, 7) is 4.50. The molecule has 0 atom stereocenters. The van der Waals surface area contributed by atoms with Crippen LogP contribution in [0.15, 0.2) is 0 Å². The third-order valence-corrected chi connectivity index (χ3v) is 1.48. The summed E-state index contributed by atoms with van der Waals surface area (Å²) in [6, 6.07) is 0. The maximum absolute atomic E-state index is 5.44. The van der Waals surface area contributed by atoms with Crippen molar-refractivity contribution in [2.45, 2.75) is 20.4 Å². The number of rotatable bonds is 1. The van der Waals surface area contributed by atoms with E-state index in [1.165, 1.54) is 0 Å². The number of nitrogens with zero attached hydrogens (tertiary/aromatic N) is 1. The van der Waals surface area contributed by atoms with Crippen LogP contribution >= 0.6 is 0 Å². The maximum Gasteiger partial charge on any atom is 0.0638 e. The van der Waals surface area contributed by atoms with E-state index in [9.17, 15) is 0 Å². The number of nitrogens with one attached hydrogen (secondary N) is 1. The van der Waals surface area contributed by atoms with Gasteiger partial charge >= 0.3 is 0 Å². The zero-order chi connectivity index (χ0) is 6.85. The molecule has 3 heteroatoms. The average molecular weight is 125 g/mol. The highest BCUT2D eigenvalue weighted by Gasteiger charge is 2.01.